The molecule has 5 nitrogen and oxygen atoms in total. The maximum absolute atomic E-state index is 13.9. The first-order valence-electron chi connectivity index (χ1n) is 11.8. The molecule has 0 aliphatic carbocycles. The number of methoxy groups -OCH3 is 1. The van der Waals surface area contributed by atoms with Crippen LogP contribution in [-0.2, 0) is 13.8 Å². The highest BCUT2D eigenvalue weighted by Crippen LogP contribution is 2.36. The first-order valence-corrected chi connectivity index (χ1v) is 14.5. The number of unbranched alkanes of at least 4 members (excludes halogenated alkanes) is 11. The molecule has 0 aromatic rings. The molecule has 0 aliphatic heterocycles. The maximum atomic E-state index is 13.9. The summed E-state index contributed by atoms with van der Waals surface area (Å²) in [5.41, 5.74) is 0. The number of hydrogen-bond donors (Lipinski definition) is 2. The van der Waals surface area contributed by atoms with E-state index >= 15 is 0 Å². The summed E-state index contributed by atoms with van der Waals surface area (Å²) in [5, 5.41) is 0. The number of thioether (sulfide) groups is 1. The number of alkyl halides is 1. The minimum atomic E-state index is -4.43. The first kappa shape index (κ1) is 30.4. The SMILES string of the molecule is CCCCCCCCCCC(F)CCCCCCCSCC(COP(=O)(O)O)OC. The summed E-state index contributed by atoms with van der Waals surface area (Å²) in [7, 11) is -2.92. The Labute approximate surface area is 188 Å². The molecule has 182 valence electrons. The normalized spacial score (nSPS) is 14.2. The summed E-state index contributed by atoms with van der Waals surface area (Å²) >= 11 is 1.71. The van der Waals surface area contributed by atoms with E-state index in [1.165, 1.54) is 52.1 Å². The summed E-state index contributed by atoms with van der Waals surface area (Å²) in [6.45, 7) is 2.13. The van der Waals surface area contributed by atoms with Crippen LogP contribution >= 0.6 is 19.6 Å². The van der Waals surface area contributed by atoms with E-state index in [2.05, 4.69) is 11.4 Å². The van der Waals surface area contributed by atoms with Crippen molar-refractivity contribution in [3.8, 4) is 0 Å². The Kier molecular flexibility index (Phi) is 21.5. The Morgan fingerprint density at radius 3 is 1.87 bits per heavy atom. The van der Waals surface area contributed by atoms with Gasteiger partial charge in [0.15, 0.2) is 0 Å². The summed E-state index contributed by atoms with van der Waals surface area (Å²) in [4.78, 5) is 17.4. The monoisotopic (exact) mass is 472 g/mol. The van der Waals surface area contributed by atoms with E-state index in [4.69, 9.17) is 14.5 Å². The molecule has 0 heterocycles. The zero-order valence-electron chi connectivity index (χ0n) is 19.2. The molecule has 0 aliphatic rings. The van der Waals surface area contributed by atoms with Crippen LogP contribution in [0.2, 0.25) is 0 Å². The van der Waals surface area contributed by atoms with Crippen molar-refractivity contribution in [2.75, 3.05) is 25.2 Å². The highest BCUT2D eigenvalue weighted by atomic mass is 32.2. The summed E-state index contributed by atoms with van der Waals surface area (Å²) in [6, 6.07) is 0. The average molecular weight is 473 g/mol. The fourth-order valence-corrected chi connectivity index (χ4v) is 4.75. The van der Waals surface area contributed by atoms with Crippen LogP contribution in [0.15, 0.2) is 0 Å². The van der Waals surface area contributed by atoms with Gasteiger partial charge in [-0.3, -0.25) is 4.52 Å². The standard InChI is InChI=1S/C22H46FO5PS/c1-3-4-5-6-7-8-10-13-16-21(23)17-14-11-9-12-15-18-30-20-22(27-2)19-28-29(24,25)26/h21-22H,3-20H2,1-2H3,(H2,24,25,26). The number of phosphoric ester groups is 1. The Bertz CT molecular complexity index is 411. The third-order valence-electron chi connectivity index (χ3n) is 5.24. The molecule has 0 aromatic carbocycles. The minimum absolute atomic E-state index is 0.100. The van der Waals surface area contributed by atoms with E-state index < -0.39 is 14.0 Å². The lowest BCUT2D eigenvalue weighted by molar-refractivity contribution is 0.0605. The van der Waals surface area contributed by atoms with Crippen LogP contribution in [0.1, 0.15) is 103 Å². The van der Waals surface area contributed by atoms with E-state index in [9.17, 15) is 8.96 Å². The van der Waals surface area contributed by atoms with Crippen LogP contribution in [-0.4, -0.2) is 47.3 Å². The summed E-state index contributed by atoms with van der Waals surface area (Å²) < 4.78 is 34.3. The zero-order chi connectivity index (χ0) is 22.5. The molecular formula is C22H46FO5PS. The van der Waals surface area contributed by atoms with Gasteiger partial charge in [-0.25, -0.2) is 8.96 Å². The van der Waals surface area contributed by atoms with Gasteiger partial charge in [-0.15, -0.1) is 0 Å². The van der Waals surface area contributed by atoms with Crippen molar-refractivity contribution in [3.63, 3.8) is 0 Å². The van der Waals surface area contributed by atoms with E-state index in [0.29, 0.717) is 12.2 Å². The van der Waals surface area contributed by atoms with Crippen LogP contribution in [0.3, 0.4) is 0 Å². The molecular weight excluding hydrogens is 426 g/mol. The van der Waals surface area contributed by atoms with E-state index in [1.54, 1.807) is 11.8 Å². The van der Waals surface area contributed by atoms with Crippen LogP contribution in [0.4, 0.5) is 4.39 Å². The van der Waals surface area contributed by atoms with E-state index in [0.717, 1.165) is 50.7 Å². The Hall–Kier alpha value is 0.350. The molecule has 2 unspecified atom stereocenters. The Morgan fingerprint density at radius 1 is 0.867 bits per heavy atom. The fraction of sp³-hybridized carbons (Fsp3) is 1.00. The van der Waals surface area contributed by atoms with Gasteiger partial charge in [0, 0.05) is 12.9 Å². The fourth-order valence-electron chi connectivity index (χ4n) is 3.32. The summed E-state index contributed by atoms with van der Waals surface area (Å²) in [6.07, 6.45) is 16.1. The smallest absolute Gasteiger partial charge is 0.378 e. The van der Waals surface area contributed by atoms with Gasteiger partial charge in [0.1, 0.15) is 6.17 Å². The van der Waals surface area contributed by atoms with E-state index in [-0.39, 0.29) is 12.7 Å². The van der Waals surface area contributed by atoms with Crippen molar-refractivity contribution >= 4 is 19.6 Å². The van der Waals surface area contributed by atoms with Gasteiger partial charge in [0.05, 0.1) is 12.7 Å². The van der Waals surface area contributed by atoms with Crippen LogP contribution in [0.25, 0.3) is 0 Å². The predicted octanol–water partition coefficient (Wildman–Crippen LogP) is 7.05. The highest BCUT2D eigenvalue weighted by Gasteiger charge is 2.17. The minimum Gasteiger partial charge on any atom is -0.378 e. The van der Waals surface area contributed by atoms with Gasteiger partial charge in [-0.05, 0) is 25.0 Å². The largest absolute Gasteiger partial charge is 0.469 e. The van der Waals surface area contributed by atoms with Crippen molar-refractivity contribution < 1.29 is 28.0 Å². The highest BCUT2D eigenvalue weighted by molar-refractivity contribution is 7.99. The van der Waals surface area contributed by atoms with Crippen LogP contribution in [0.5, 0.6) is 0 Å². The van der Waals surface area contributed by atoms with Crippen molar-refractivity contribution in [2.45, 2.75) is 116 Å². The Morgan fingerprint density at radius 2 is 1.37 bits per heavy atom. The Balaban J connectivity index is 3.37. The molecule has 0 rings (SSSR count). The molecule has 0 amide bonds. The second-order valence-corrected chi connectivity index (χ2v) is 10.5. The first-order chi connectivity index (χ1) is 14.4. The quantitative estimate of drug-likeness (QED) is 0.123. The molecule has 0 fully saturated rings. The molecule has 0 bridgehead atoms. The van der Waals surface area contributed by atoms with Gasteiger partial charge < -0.3 is 14.5 Å². The van der Waals surface area contributed by atoms with Crippen molar-refractivity contribution in [3.05, 3.63) is 0 Å². The molecule has 0 aromatic heterocycles. The number of ether oxygens (including phenoxy) is 1. The van der Waals surface area contributed by atoms with Crippen molar-refractivity contribution in [2.24, 2.45) is 0 Å². The van der Waals surface area contributed by atoms with E-state index in [1.807, 2.05) is 0 Å². The maximum Gasteiger partial charge on any atom is 0.469 e. The topological polar surface area (TPSA) is 76.0 Å². The second-order valence-electron chi connectivity index (χ2n) is 8.14. The predicted molar refractivity (Wildman–Crippen MR) is 126 cm³/mol. The van der Waals surface area contributed by atoms with Crippen LogP contribution < -0.4 is 0 Å². The van der Waals surface area contributed by atoms with Gasteiger partial charge in [0.25, 0.3) is 0 Å². The lowest BCUT2D eigenvalue weighted by Gasteiger charge is -2.15. The van der Waals surface area contributed by atoms with Crippen LogP contribution in [0, 0.1) is 0 Å². The number of rotatable bonds is 23. The molecule has 0 spiro atoms. The van der Waals surface area contributed by atoms with Gasteiger partial charge in [0.2, 0.25) is 0 Å². The molecule has 30 heavy (non-hydrogen) atoms. The summed E-state index contributed by atoms with van der Waals surface area (Å²) in [5.74, 6) is 1.64. The van der Waals surface area contributed by atoms with Gasteiger partial charge >= 0.3 is 7.82 Å². The molecule has 8 heteroatoms. The lowest BCUT2D eigenvalue weighted by Crippen LogP contribution is -2.20. The number of phosphoric acid groups is 1. The average Bonchev–Trinajstić information content (AvgIpc) is 2.70. The van der Waals surface area contributed by atoms with Gasteiger partial charge in [-0.2, -0.15) is 11.8 Å². The number of hydrogen-bond acceptors (Lipinski definition) is 4. The zero-order valence-corrected chi connectivity index (χ0v) is 20.9. The number of halogens is 1. The van der Waals surface area contributed by atoms with Gasteiger partial charge in [-0.1, -0.05) is 84.0 Å². The molecule has 2 N–H and O–H groups in total. The molecule has 0 saturated heterocycles. The third kappa shape index (κ3) is 23.0. The van der Waals surface area contributed by atoms with Crippen molar-refractivity contribution in [1.29, 1.82) is 0 Å². The molecule has 0 radical (unpaired) electrons. The second kappa shape index (κ2) is 21.2. The lowest BCUT2D eigenvalue weighted by atomic mass is 10.0. The molecule has 2 atom stereocenters. The molecule has 0 saturated carbocycles. The third-order valence-corrected chi connectivity index (χ3v) is 6.91. The van der Waals surface area contributed by atoms with Crippen molar-refractivity contribution in [1.82, 2.24) is 0 Å².